The Morgan fingerprint density at radius 2 is 2.15 bits per heavy atom. The number of rotatable bonds is 6. The van der Waals surface area contributed by atoms with E-state index in [9.17, 15) is 4.79 Å². The van der Waals surface area contributed by atoms with Crippen molar-refractivity contribution >= 4 is 5.97 Å². The van der Waals surface area contributed by atoms with Gasteiger partial charge in [0.25, 0.3) is 0 Å². The second-order valence-corrected chi connectivity index (χ2v) is 3.34. The standard InChI is InChI=1S/C9H20N2O2/c1-7(2)8(9(12)13-3)11-6-4-5-10/h7-8,11H,4-6,10H2,1-3H3. The third-order valence-electron chi connectivity index (χ3n) is 1.87. The maximum absolute atomic E-state index is 11.2. The largest absolute Gasteiger partial charge is 0.468 e. The van der Waals surface area contributed by atoms with Crippen LogP contribution in [0.1, 0.15) is 20.3 Å². The molecule has 0 fully saturated rings. The fourth-order valence-corrected chi connectivity index (χ4v) is 1.08. The van der Waals surface area contributed by atoms with Gasteiger partial charge in [-0.05, 0) is 25.4 Å². The molecule has 13 heavy (non-hydrogen) atoms. The lowest BCUT2D eigenvalue weighted by Crippen LogP contribution is -2.42. The van der Waals surface area contributed by atoms with Gasteiger partial charge in [-0.1, -0.05) is 13.8 Å². The van der Waals surface area contributed by atoms with Crippen LogP contribution >= 0.6 is 0 Å². The molecule has 0 spiro atoms. The predicted octanol–water partition coefficient (Wildman–Crippen LogP) is 0.122. The Hall–Kier alpha value is -0.610. The number of carbonyl (C=O) groups is 1. The number of methoxy groups -OCH3 is 1. The summed E-state index contributed by atoms with van der Waals surface area (Å²) in [6, 6.07) is -0.212. The summed E-state index contributed by atoms with van der Waals surface area (Å²) in [7, 11) is 1.41. The molecule has 0 rings (SSSR count). The first-order valence-corrected chi connectivity index (χ1v) is 4.64. The van der Waals surface area contributed by atoms with Crippen molar-refractivity contribution in [3.8, 4) is 0 Å². The van der Waals surface area contributed by atoms with E-state index in [1.807, 2.05) is 13.8 Å². The highest BCUT2D eigenvalue weighted by Gasteiger charge is 2.21. The maximum Gasteiger partial charge on any atom is 0.323 e. The summed E-state index contributed by atoms with van der Waals surface area (Å²) in [5.74, 6) is 0.0391. The van der Waals surface area contributed by atoms with E-state index in [2.05, 4.69) is 10.1 Å². The average Bonchev–Trinajstić information content (AvgIpc) is 2.11. The second-order valence-electron chi connectivity index (χ2n) is 3.34. The van der Waals surface area contributed by atoms with Crippen LogP contribution in [0.3, 0.4) is 0 Å². The molecule has 0 aliphatic carbocycles. The molecule has 0 aromatic carbocycles. The number of nitrogens with one attached hydrogen (secondary N) is 1. The first-order valence-electron chi connectivity index (χ1n) is 4.64. The van der Waals surface area contributed by atoms with Crippen molar-refractivity contribution in [1.82, 2.24) is 5.32 Å². The molecule has 0 heterocycles. The van der Waals surface area contributed by atoms with Crippen molar-refractivity contribution < 1.29 is 9.53 Å². The van der Waals surface area contributed by atoms with Crippen molar-refractivity contribution in [1.29, 1.82) is 0 Å². The van der Waals surface area contributed by atoms with E-state index in [0.29, 0.717) is 6.54 Å². The molecule has 0 saturated carbocycles. The molecule has 0 aliphatic rings. The Balaban J connectivity index is 3.88. The molecule has 4 heteroatoms. The average molecular weight is 188 g/mol. The Morgan fingerprint density at radius 3 is 2.54 bits per heavy atom. The van der Waals surface area contributed by atoms with E-state index in [1.165, 1.54) is 7.11 Å². The molecule has 0 radical (unpaired) electrons. The lowest BCUT2D eigenvalue weighted by Gasteiger charge is -2.19. The monoisotopic (exact) mass is 188 g/mol. The number of ether oxygens (including phenoxy) is 1. The molecule has 0 saturated heterocycles. The molecule has 1 atom stereocenters. The van der Waals surface area contributed by atoms with Crippen molar-refractivity contribution in [2.75, 3.05) is 20.2 Å². The summed E-state index contributed by atoms with van der Waals surface area (Å²) >= 11 is 0. The van der Waals surface area contributed by atoms with Crippen molar-refractivity contribution in [2.24, 2.45) is 11.7 Å². The molecule has 1 unspecified atom stereocenters. The van der Waals surface area contributed by atoms with Crippen LogP contribution in [0.2, 0.25) is 0 Å². The zero-order chi connectivity index (χ0) is 10.3. The third-order valence-corrected chi connectivity index (χ3v) is 1.87. The number of hydrogen-bond donors (Lipinski definition) is 2. The smallest absolute Gasteiger partial charge is 0.323 e. The number of hydrogen-bond acceptors (Lipinski definition) is 4. The molecule has 4 nitrogen and oxygen atoms in total. The van der Waals surface area contributed by atoms with E-state index in [0.717, 1.165) is 13.0 Å². The fourth-order valence-electron chi connectivity index (χ4n) is 1.08. The van der Waals surface area contributed by atoms with E-state index < -0.39 is 0 Å². The molecule has 0 amide bonds. The van der Waals surface area contributed by atoms with Crippen LogP contribution in [-0.2, 0) is 9.53 Å². The van der Waals surface area contributed by atoms with Gasteiger partial charge in [0.15, 0.2) is 0 Å². The van der Waals surface area contributed by atoms with E-state index in [-0.39, 0.29) is 17.9 Å². The van der Waals surface area contributed by atoms with Gasteiger partial charge in [-0.25, -0.2) is 0 Å². The number of nitrogens with two attached hydrogens (primary N) is 1. The molecule has 78 valence electrons. The molecule has 3 N–H and O–H groups in total. The minimum atomic E-state index is -0.212. The Kier molecular flexibility index (Phi) is 6.54. The van der Waals surface area contributed by atoms with Crippen LogP contribution < -0.4 is 11.1 Å². The van der Waals surface area contributed by atoms with Gasteiger partial charge >= 0.3 is 5.97 Å². The summed E-state index contributed by atoms with van der Waals surface area (Å²) < 4.78 is 4.67. The highest BCUT2D eigenvalue weighted by molar-refractivity contribution is 5.75. The molecule has 0 aromatic heterocycles. The summed E-state index contributed by atoms with van der Waals surface area (Å²) in [6.45, 7) is 5.36. The van der Waals surface area contributed by atoms with Crippen LogP contribution in [0.15, 0.2) is 0 Å². The van der Waals surface area contributed by atoms with E-state index in [4.69, 9.17) is 5.73 Å². The molecule has 0 aliphatic heterocycles. The fraction of sp³-hybridized carbons (Fsp3) is 0.889. The molecular formula is C9H20N2O2. The van der Waals surface area contributed by atoms with E-state index >= 15 is 0 Å². The van der Waals surface area contributed by atoms with Crippen LogP contribution in [0.25, 0.3) is 0 Å². The Labute approximate surface area is 79.8 Å². The first-order chi connectivity index (χ1) is 6.13. The van der Waals surface area contributed by atoms with Gasteiger partial charge in [0, 0.05) is 0 Å². The zero-order valence-electron chi connectivity index (χ0n) is 8.67. The summed E-state index contributed by atoms with van der Waals surface area (Å²) in [4.78, 5) is 11.2. The van der Waals surface area contributed by atoms with Gasteiger partial charge in [0.2, 0.25) is 0 Å². The van der Waals surface area contributed by atoms with Gasteiger partial charge in [-0.3, -0.25) is 4.79 Å². The minimum Gasteiger partial charge on any atom is -0.468 e. The quantitative estimate of drug-likeness (QED) is 0.459. The lowest BCUT2D eigenvalue weighted by atomic mass is 10.0. The number of esters is 1. The van der Waals surface area contributed by atoms with Crippen LogP contribution in [0.4, 0.5) is 0 Å². The van der Waals surface area contributed by atoms with Crippen LogP contribution in [0, 0.1) is 5.92 Å². The Morgan fingerprint density at radius 1 is 1.54 bits per heavy atom. The molecule has 0 bridgehead atoms. The normalized spacial score (nSPS) is 13.0. The number of carbonyl (C=O) groups excluding carboxylic acids is 1. The summed E-state index contributed by atoms with van der Waals surface area (Å²) in [6.07, 6.45) is 0.875. The van der Waals surface area contributed by atoms with Gasteiger partial charge in [-0.2, -0.15) is 0 Å². The predicted molar refractivity (Wildman–Crippen MR) is 52.3 cm³/mol. The highest BCUT2D eigenvalue weighted by Crippen LogP contribution is 2.02. The van der Waals surface area contributed by atoms with Gasteiger partial charge in [0.05, 0.1) is 7.11 Å². The lowest BCUT2D eigenvalue weighted by molar-refractivity contribution is -0.144. The minimum absolute atomic E-state index is 0.202. The summed E-state index contributed by atoms with van der Waals surface area (Å²) in [5, 5.41) is 3.12. The highest BCUT2D eigenvalue weighted by atomic mass is 16.5. The van der Waals surface area contributed by atoms with E-state index in [1.54, 1.807) is 0 Å². The van der Waals surface area contributed by atoms with Crippen molar-refractivity contribution in [3.05, 3.63) is 0 Å². The first kappa shape index (κ1) is 12.4. The zero-order valence-corrected chi connectivity index (χ0v) is 8.67. The SMILES string of the molecule is COC(=O)C(NCCCN)C(C)C. The van der Waals surface area contributed by atoms with Crippen molar-refractivity contribution in [2.45, 2.75) is 26.3 Å². The van der Waals surface area contributed by atoms with Crippen molar-refractivity contribution in [3.63, 3.8) is 0 Å². The van der Waals surface area contributed by atoms with Gasteiger partial charge in [0.1, 0.15) is 6.04 Å². The molecule has 0 aromatic rings. The van der Waals surface area contributed by atoms with Gasteiger partial charge < -0.3 is 15.8 Å². The second kappa shape index (κ2) is 6.86. The van der Waals surface area contributed by atoms with Crippen LogP contribution in [0.5, 0.6) is 0 Å². The van der Waals surface area contributed by atoms with Gasteiger partial charge in [-0.15, -0.1) is 0 Å². The summed E-state index contributed by atoms with van der Waals surface area (Å²) in [5.41, 5.74) is 5.34. The third kappa shape index (κ3) is 4.85. The molecular weight excluding hydrogens is 168 g/mol. The maximum atomic E-state index is 11.2. The van der Waals surface area contributed by atoms with Crippen LogP contribution in [-0.4, -0.2) is 32.2 Å². The Bertz CT molecular complexity index is 149. The topological polar surface area (TPSA) is 64.3 Å².